The zero-order valence-corrected chi connectivity index (χ0v) is 17.3. The Bertz CT molecular complexity index is 1120. The van der Waals surface area contributed by atoms with E-state index < -0.39 is 18.3 Å². The molecule has 9 nitrogen and oxygen atoms in total. The first-order valence-corrected chi connectivity index (χ1v) is 9.22. The molecule has 160 valence electrons. The lowest BCUT2D eigenvalue weighted by Crippen LogP contribution is -2.12. The van der Waals surface area contributed by atoms with Crippen molar-refractivity contribution in [2.75, 3.05) is 27.9 Å². The largest absolute Gasteiger partial charge is 0.507 e. The van der Waals surface area contributed by atoms with Crippen LogP contribution in [0.1, 0.15) is 11.4 Å². The molecule has 1 aromatic heterocycles. The summed E-state index contributed by atoms with van der Waals surface area (Å²) in [5.74, 6) is 0.407. The van der Waals surface area contributed by atoms with Crippen LogP contribution in [0.5, 0.6) is 17.2 Å². The number of nitrogens with zero attached hydrogens (tertiary/aromatic N) is 2. The van der Waals surface area contributed by atoms with Crippen LogP contribution >= 0.6 is 0 Å². The number of aliphatic hydroxyl groups excluding tert-OH is 1. The van der Waals surface area contributed by atoms with E-state index in [1.54, 1.807) is 24.3 Å². The molecule has 9 heteroatoms. The maximum atomic E-state index is 12.3. The molecule has 0 unspecified atom stereocenters. The van der Waals surface area contributed by atoms with Crippen LogP contribution in [0, 0.1) is 11.3 Å². The monoisotopic (exact) mass is 423 g/mol. The molecule has 0 aliphatic heterocycles. The van der Waals surface area contributed by atoms with Crippen molar-refractivity contribution < 1.29 is 28.8 Å². The number of carbonyl (C=O) groups is 1. The summed E-state index contributed by atoms with van der Waals surface area (Å²) in [4.78, 5) is 19.5. The molecule has 0 aliphatic rings. The lowest BCUT2D eigenvalue weighted by molar-refractivity contribution is -0.142. The summed E-state index contributed by atoms with van der Waals surface area (Å²) in [6, 6.07) is 12.4. The first kappa shape index (κ1) is 21.5. The number of imidazole rings is 1. The molecule has 0 radical (unpaired) electrons. The third kappa shape index (κ3) is 4.70. The van der Waals surface area contributed by atoms with Crippen LogP contribution < -0.4 is 14.2 Å². The molecule has 0 atom stereocenters. The standard InChI is InChI=1S/C22H21N3O6/c1-28-18-8-13(9-19(29-2)21(18)30-3)10-20(27)31-12-17(26)14(11-23)22-24-15-6-4-5-7-16(15)25-22/h4-9,26H,10,12H2,1-3H3,(H,24,25). The summed E-state index contributed by atoms with van der Waals surface area (Å²) in [6.07, 6.45) is -0.101. The average Bonchev–Trinajstić information content (AvgIpc) is 3.21. The van der Waals surface area contributed by atoms with Gasteiger partial charge in [0.1, 0.15) is 18.2 Å². The summed E-state index contributed by atoms with van der Waals surface area (Å²) in [7, 11) is 4.44. The summed E-state index contributed by atoms with van der Waals surface area (Å²) >= 11 is 0. The van der Waals surface area contributed by atoms with Gasteiger partial charge >= 0.3 is 5.97 Å². The fourth-order valence-electron chi connectivity index (χ4n) is 3.00. The zero-order valence-electron chi connectivity index (χ0n) is 17.3. The van der Waals surface area contributed by atoms with Crippen LogP contribution in [-0.2, 0) is 16.0 Å². The third-order valence-electron chi connectivity index (χ3n) is 4.47. The quantitative estimate of drug-likeness (QED) is 0.321. The molecule has 2 aromatic carbocycles. The summed E-state index contributed by atoms with van der Waals surface area (Å²) < 4.78 is 20.9. The first-order valence-electron chi connectivity index (χ1n) is 9.22. The van der Waals surface area contributed by atoms with Gasteiger partial charge in [-0.05, 0) is 29.8 Å². The van der Waals surface area contributed by atoms with Crippen molar-refractivity contribution in [2.45, 2.75) is 6.42 Å². The number of rotatable bonds is 8. The molecule has 3 aromatic rings. The number of hydrogen-bond donors (Lipinski definition) is 2. The molecular weight excluding hydrogens is 402 g/mol. The van der Waals surface area contributed by atoms with Crippen LogP contribution in [0.25, 0.3) is 16.6 Å². The van der Waals surface area contributed by atoms with E-state index in [-0.39, 0.29) is 17.8 Å². The Hall–Kier alpha value is -4.19. The SMILES string of the molecule is COc1cc(CC(=O)OCC(O)=C(C#N)c2nc3ccccc3[nH]2)cc(OC)c1OC. The van der Waals surface area contributed by atoms with Gasteiger partial charge in [0.15, 0.2) is 23.1 Å². The van der Waals surface area contributed by atoms with Crippen molar-refractivity contribution in [1.82, 2.24) is 9.97 Å². The van der Waals surface area contributed by atoms with Gasteiger partial charge in [0.05, 0.1) is 38.8 Å². The number of H-pyrrole nitrogens is 1. The van der Waals surface area contributed by atoms with Gasteiger partial charge in [-0.3, -0.25) is 4.79 Å². The summed E-state index contributed by atoms with van der Waals surface area (Å²) in [6.45, 7) is -0.469. The van der Waals surface area contributed by atoms with E-state index in [0.717, 1.165) is 5.52 Å². The van der Waals surface area contributed by atoms with E-state index in [1.165, 1.54) is 21.3 Å². The number of para-hydroxylation sites is 2. The topological polar surface area (TPSA) is 127 Å². The highest BCUT2D eigenvalue weighted by atomic mass is 16.5. The summed E-state index contributed by atoms with van der Waals surface area (Å²) in [5, 5.41) is 19.7. The number of benzene rings is 2. The Morgan fingerprint density at radius 3 is 2.39 bits per heavy atom. The molecule has 0 bridgehead atoms. The number of nitriles is 1. The Kier molecular flexibility index (Phi) is 6.62. The molecule has 2 N–H and O–H groups in total. The Morgan fingerprint density at radius 1 is 1.13 bits per heavy atom. The van der Waals surface area contributed by atoms with E-state index in [2.05, 4.69) is 9.97 Å². The van der Waals surface area contributed by atoms with Crippen molar-refractivity contribution in [3.8, 4) is 23.3 Å². The smallest absolute Gasteiger partial charge is 0.310 e. The third-order valence-corrected chi connectivity index (χ3v) is 4.47. The van der Waals surface area contributed by atoms with Crippen molar-refractivity contribution in [1.29, 1.82) is 5.26 Å². The van der Waals surface area contributed by atoms with Gasteiger partial charge in [0.2, 0.25) is 5.75 Å². The van der Waals surface area contributed by atoms with Crippen molar-refractivity contribution in [3.05, 3.63) is 53.5 Å². The van der Waals surface area contributed by atoms with Crippen molar-refractivity contribution >= 4 is 22.6 Å². The highest BCUT2D eigenvalue weighted by molar-refractivity contribution is 5.83. The molecule has 0 fully saturated rings. The second-order valence-corrected chi connectivity index (χ2v) is 6.41. The van der Waals surface area contributed by atoms with Crippen LogP contribution in [0.3, 0.4) is 0 Å². The van der Waals surface area contributed by atoms with Crippen LogP contribution in [-0.4, -0.2) is 49.0 Å². The van der Waals surface area contributed by atoms with Gasteiger partial charge in [0.25, 0.3) is 0 Å². The van der Waals surface area contributed by atoms with Gasteiger partial charge < -0.3 is 29.0 Å². The number of carbonyl (C=O) groups excluding carboxylic acids is 1. The Labute approximate surface area is 178 Å². The Morgan fingerprint density at radius 2 is 1.81 bits per heavy atom. The fraction of sp³-hybridized carbons (Fsp3) is 0.227. The van der Waals surface area contributed by atoms with E-state index in [1.807, 2.05) is 18.2 Å². The van der Waals surface area contributed by atoms with Gasteiger partial charge in [-0.25, -0.2) is 4.98 Å². The number of allylic oxidation sites excluding steroid dienone is 1. The molecule has 0 spiro atoms. The number of hydrogen-bond acceptors (Lipinski definition) is 8. The highest BCUT2D eigenvalue weighted by Gasteiger charge is 2.17. The van der Waals surface area contributed by atoms with E-state index in [0.29, 0.717) is 28.3 Å². The number of fused-ring (bicyclic) bond motifs is 1. The number of ether oxygens (including phenoxy) is 4. The lowest BCUT2D eigenvalue weighted by atomic mass is 10.1. The first-order chi connectivity index (χ1) is 15.0. The predicted molar refractivity (Wildman–Crippen MR) is 112 cm³/mol. The average molecular weight is 423 g/mol. The number of aromatic amines is 1. The molecule has 0 amide bonds. The molecular formula is C22H21N3O6. The number of methoxy groups -OCH3 is 3. The second-order valence-electron chi connectivity index (χ2n) is 6.41. The van der Waals surface area contributed by atoms with Crippen molar-refractivity contribution in [2.24, 2.45) is 0 Å². The predicted octanol–water partition coefficient (Wildman–Crippen LogP) is 3.17. The molecule has 3 rings (SSSR count). The zero-order chi connectivity index (χ0) is 22.4. The van der Waals surface area contributed by atoms with Crippen molar-refractivity contribution in [3.63, 3.8) is 0 Å². The minimum absolute atomic E-state index is 0.100. The van der Waals surface area contributed by atoms with Gasteiger partial charge in [-0.15, -0.1) is 0 Å². The molecule has 0 saturated heterocycles. The van der Waals surface area contributed by atoms with E-state index in [9.17, 15) is 15.2 Å². The van der Waals surface area contributed by atoms with Crippen LogP contribution in [0.15, 0.2) is 42.2 Å². The number of esters is 1. The second kappa shape index (κ2) is 9.54. The fourth-order valence-corrected chi connectivity index (χ4v) is 3.00. The summed E-state index contributed by atoms with van der Waals surface area (Å²) in [5.41, 5.74) is 1.84. The molecule has 31 heavy (non-hydrogen) atoms. The van der Waals surface area contributed by atoms with Crippen LogP contribution in [0.2, 0.25) is 0 Å². The van der Waals surface area contributed by atoms with Crippen LogP contribution in [0.4, 0.5) is 0 Å². The number of aromatic nitrogens is 2. The molecule has 1 heterocycles. The molecule has 0 saturated carbocycles. The van der Waals surface area contributed by atoms with Gasteiger partial charge in [-0.1, -0.05) is 12.1 Å². The highest BCUT2D eigenvalue weighted by Crippen LogP contribution is 2.38. The minimum Gasteiger partial charge on any atom is -0.507 e. The lowest BCUT2D eigenvalue weighted by Gasteiger charge is -2.14. The van der Waals surface area contributed by atoms with Gasteiger partial charge in [0, 0.05) is 0 Å². The Balaban J connectivity index is 1.73. The number of nitrogens with one attached hydrogen (secondary N) is 1. The number of aliphatic hydroxyl groups is 1. The molecule has 0 aliphatic carbocycles. The maximum absolute atomic E-state index is 12.3. The van der Waals surface area contributed by atoms with E-state index >= 15 is 0 Å². The van der Waals surface area contributed by atoms with Gasteiger partial charge in [-0.2, -0.15) is 5.26 Å². The normalized spacial score (nSPS) is 11.4. The minimum atomic E-state index is -0.609. The van der Waals surface area contributed by atoms with E-state index in [4.69, 9.17) is 18.9 Å². The maximum Gasteiger partial charge on any atom is 0.310 e.